The van der Waals surface area contributed by atoms with Crippen LogP contribution in [0.3, 0.4) is 0 Å². The number of nitrogens with zero attached hydrogens (tertiary/aromatic N) is 1. The quantitative estimate of drug-likeness (QED) is 0.160. The van der Waals surface area contributed by atoms with E-state index in [9.17, 15) is 0 Å². The number of rotatable bonds is 7. The molecule has 0 unspecified atom stereocenters. The summed E-state index contributed by atoms with van der Waals surface area (Å²) in [5.74, 6) is 0. The molecule has 2 aromatic heterocycles. The largest absolute Gasteiger partial charge is 0.455 e. The van der Waals surface area contributed by atoms with Crippen LogP contribution in [-0.4, -0.2) is 0 Å². The van der Waals surface area contributed by atoms with Gasteiger partial charge in [-0.05, 0) is 98.8 Å². The lowest BCUT2D eigenvalue weighted by molar-refractivity contribution is 0.670. The van der Waals surface area contributed by atoms with Crippen LogP contribution in [0.1, 0.15) is 0 Å². The van der Waals surface area contributed by atoms with E-state index in [1.54, 1.807) is 0 Å². The third-order valence-electron chi connectivity index (χ3n) is 12.1. The number of hydrogen-bond donors (Lipinski definition) is 0. The predicted octanol–water partition coefficient (Wildman–Crippen LogP) is 17.2. The molecule has 0 amide bonds. The summed E-state index contributed by atoms with van der Waals surface area (Å²) in [7, 11) is 0. The molecule has 0 saturated carbocycles. The van der Waals surface area contributed by atoms with Gasteiger partial charge < -0.3 is 9.32 Å². The van der Waals surface area contributed by atoms with Crippen LogP contribution in [0, 0.1) is 0 Å². The van der Waals surface area contributed by atoms with Crippen LogP contribution in [0.25, 0.3) is 97.4 Å². The molecule has 0 saturated heterocycles. The van der Waals surface area contributed by atoms with Crippen molar-refractivity contribution in [3.8, 4) is 44.5 Å². The van der Waals surface area contributed by atoms with Gasteiger partial charge in [0.2, 0.25) is 0 Å². The van der Waals surface area contributed by atoms with Crippen LogP contribution in [0.5, 0.6) is 0 Å². The van der Waals surface area contributed by atoms with Crippen molar-refractivity contribution >= 4 is 81.3 Å². The highest BCUT2D eigenvalue weighted by molar-refractivity contribution is 7.25. The van der Waals surface area contributed by atoms with E-state index in [2.05, 4.69) is 217 Å². The highest BCUT2D eigenvalue weighted by Gasteiger charge is 2.20. The number of hydrogen-bond acceptors (Lipinski definition) is 3. The van der Waals surface area contributed by atoms with Gasteiger partial charge in [0.05, 0.1) is 5.69 Å². The van der Waals surface area contributed by atoms with Crippen molar-refractivity contribution in [2.45, 2.75) is 0 Å². The standard InChI is InChI=1S/C58H37NOS/c1-2-17-45-38(13-1)14-10-21-46(45)41-15-9-16-42(37-41)47-18-3-6-25-53(47)59(43-33-29-39(30-34-43)48-22-12-28-56-57(48)52-20-5-8-27-55(52)61-56)44-35-31-40(32-36-44)49-23-11-24-51-50-19-4-7-26-54(50)60-58(49)51/h1-37H. The summed E-state index contributed by atoms with van der Waals surface area (Å²) in [6.45, 7) is 0. The van der Waals surface area contributed by atoms with Crippen molar-refractivity contribution in [1.29, 1.82) is 0 Å². The highest BCUT2D eigenvalue weighted by Crippen LogP contribution is 2.45. The van der Waals surface area contributed by atoms with Gasteiger partial charge in [-0.25, -0.2) is 0 Å². The average molecular weight is 796 g/mol. The molecule has 0 aliphatic rings. The van der Waals surface area contributed by atoms with Crippen LogP contribution >= 0.6 is 11.3 Å². The average Bonchev–Trinajstić information content (AvgIpc) is 3.91. The Morgan fingerprint density at radius 3 is 1.72 bits per heavy atom. The minimum atomic E-state index is 0.903. The fourth-order valence-corrected chi connectivity index (χ4v) is 10.4. The fourth-order valence-electron chi connectivity index (χ4n) is 9.24. The second-order valence-corrected chi connectivity index (χ2v) is 16.7. The summed E-state index contributed by atoms with van der Waals surface area (Å²) >= 11 is 1.86. The normalized spacial score (nSPS) is 11.6. The highest BCUT2D eigenvalue weighted by atomic mass is 32.1. The molecule has 0 spiro atoms. The molecule has 0 N–H and O–H groups in total. The van der Waals surface area contributed by atoms with Gasteiger partial charge in [0.25, 0.3) is 0 Å². The monoisotopic (exact) mass is 795 g/mol. The van der Waals surface area contributed by atoms with E-state index in [1.807, 2.05) is 23.5 Å². The van der Waals surface area contributed by atoms with Gasteiger partial charge in [0.15, 0.2) is 0 Å². The second kappa shape index (κ2) is 14.5. The molecular formula is C58H37NOS. The molecule has 12 rings (SSSR count). The number of benzene rings is 10. The molecule has 0 bridgehead atoms. The zero-order valence-corrected chi connectivity index (χ0v) is 33.9. The van der Waals surface area contributed by atoms with Crippen molar-refractivity contribution in [3.63, 3.8) is 0 Å². The maximum absolute atomic E-state index is 6.47. The van der Waals surface area contributed by atoms with E-state index in [1.165, 1.54) is 53.2 Å². The Balaban J connectivity index is 0.999. The van der Waals surface area contributed by atoms with E-state index in [4.69, 9.17) is 4.42 Å². The maximum atomic E-state index is 6.47. The van der Waals surface area contributed by atoms with Crippen molar-refractivity contribution in [2.75, 3.05) is 4.90 Å². The van der Waals surface area contributed by atoms with E-state index in [0.29, 0.717) is 0 Å². The number of fused-ring (bicyclic) bond motifs is 7. The van der Waals surface area contributed by atoms with Gasteiger partial charge >= 0.3 is 0 Å². The molecular weight excluding hydrogens is 759 g/mol. The topological polar surface area (TPSA) is 16.4 Å². The van der Waals surface area contributed by atoms with Gasteiger partial charge in [0.1, 0.15) is 11.2 Å². The molecule has 2 heterocycles. The lowest BCUT2D eigenvalue weighted by Crippen LogP contribution is -2.11. The first-order valence-electron chi connectivity index (χ1n) is 20.7. The SMILES string of the molecule is c1cc(-c2ccccc2N(c2ccc(-c3cccc4c3oc3ccccc34)cc2)c2ccc(-c3cccc4sc5ccccc5c34)cc2)cc(-c2cccc3ccccc23)c1. The van der Waals surface area contributed by atoms with Crippen molar-refractivity contribution < 1.29 is 4.42 Å². The first kappa shape index (κ1) is 35.2. The predicted molar refractivity (Wildman–Crippen MR) is 261 cm³/mol. The zero-order valence-electron chi connectivity index (χ0n) is 33.1. The molecule has 2 nitrogen and oxygen atoms in total. The van der Waals surface area contributed by atoms with Gasteiger partial charge in [-0.15, -0.1) is 11.3 Å². The Labute approximate surface area is 357 Å². The fraction of sp³-hybridized carbons (Fsp3) is 0. The summed E-state index contributed by atoms with van der Waals surface area (Å²) < 4.78 is 9.09. The molecule has 286 valence electrons. The van der Waals surface area contributed by atoms with Crippen LogP contribution in [0.4, 0.5) is 17.1 Å². The van der Waals surface area contributed by atoms with Crippen molar-refractivity contribution in [1.82, 2.24) is 0 Å². The Morgan fingerprint density at radius 2 is 0.885 bits per heavy atom. The van der Waals surface area contributed by atoms with E-state index in [-0.39, 0.29) is 0 Å². The van der Waals surface area contributed by atoms with Crippen LogP contribution < -0.4 is 4.90 Å². The molecule has 0 aliphatic carbocycles. The lowest BCUT2D eigenvalue weighted by atomic mass is 9.94. The van der Waals surface area contributed by atoms with E-state index < -0.39 is 0 Å². The number of anilines is 3. The molecule has 0 radical (unpaired) electrons. The summed E-state index contributed by atoms with van der Waals surface area (Å²) in [5, 5.41) is 7.38. The summed E-state index contributed by atoms with van der Waals surface area (Å²) in [4.78, 5) is 2.40. The van der Waals surface area contributed by atoms with Gasteiger partial charge in [0, 0.05) is 53.4 Å². The molecule has 61 heavy (non-hydrogen) atoms. The molecule has 0 atom stereocenters. The van der Waals surface area contributed by atoms with E-state index >= 15 is 0 Å². The zero-order chi connectivity index (χ0) is 40.3. The molecule has 12 aromatic rings. The summed E-state index contributed by atoms with van der Waals surface area (Å²) in [6.07, 6.45) is 0. The van der Waals surface area contributed by atoms with Crippen LogP contribution in [-0.2, 0) is 0 Å². The van der Waals surface area contributed by atoms with Gasteiger partial charge in [-0.2, -0.15) is 0 Å². The first-order chi connectivity index (χ1) is 30.2. The Hall–Kier alpha value is -7.72. The Kier molecular flexibility index (Phi) is 8.39. The van der Waals surface area contributed by atoms with Crippen molar-refractivity contribution in [2.24, 2.45) is 0 Å². The smallest absolute Gasteiger partial charge is 0.143 e. The molecule has 3 heteroatoms. The molecule has 0 fully saturated rings. The number of furan rings is 1. The van der Waals surface area contributed by atoms with Gasteiger partial charge in [-0.1, -0.05) is 170 Å². The van der Waals surface area contributed by atoms with Crippen LogP contribution in [0.15, 0.2) is 229 Å². The van der Waals surface area contributed by atoms with Crippen LogP contribution in [0.2, 0.25) is 0 Å². The summed E-state index contributed by atoms with van der Waals surface area (Å²) in [6, 6.07) is 81.2. The lowest BCUT2D eigenvalue weighted by Gasteiger charge is -2.28. The Bertz CT molecular complexity index is 3590. The molecule has 10 aromatic carbocycles. The third kappa shape index (κ3) is 6.01. The minimum Gasteiger partial charge on any atom is -0.455 e. The van der Waals surface area contributed by atoms with E-state index in [0.717, 1.165) is 61.3 Å². The number of thiophene rings is 1. The summed E-state index contributed by atoms with van der Waals surface area (Å²) in [5.41, 5.74) is 14.4. The molecule has 0 aliphatic heterocycles. The second-order valence-electron chi connectivity index (χ2n) is 15.6. The van der Waals surface area contributed by atoms with Gasteiger partial charge in [-0.3, -0.25) is 0 Å². The number of para-hydroxylation sites is 3. The minimum absolute atomic E-state index is 0.903. The third-order valence-corrected chi connectivity index (χ3v) is 13.2. The Morgan fingerprint density at radius 1 is 0.344 bits per heavy atom. The van der Waals surface area contributed by atoms with Crippen molar-refractivity contribution in [3.05, 3.63) is 224 Å². The maximum Gasteiger partial charge on any atom is 0.143 e. The first-order valence-corrected chi connectivity index (χ1v) is 21.6.